The number of methoxy groups -OCH3 is 1. The minimum absolute atomic E-state index is 0.0149. The summed E-state index contributed by atoms with van der Waals surface area (Å²) in [5.74, 6) is 0.0149. The van der Waals surface area contributed by atoms with Crippen LogP contribution in [-0.4, -0.2) is 37.7 Å². The Kier molecular flexibility index (Phi) is 4.47. The maximum atomic E-state index is 11.6. The highest BCUT2D eigenvalue weighted by molar-refractivity contribution is 7.11. The first-order valence-corrected chi connectivity index (χ1v) is 6.55. The molecule has 1 amide bonds. The minimum atomic E-state index is 0.0149. The normalized spacial score (nSPS) is 14.4. The first-order chi connectivity index (χ1) is 8.29. The molecule has 1 aromatic rings. The van der Waals surface area contributed by atoms with Gasteiger partial charge in [0, 0.05) is 38.0 Å². The van der Waals surface area contributed by atoms with Crippen molar-refractivity contribution in [3.63, 3.8) is 0 Å². The third kappa shape index (κ3) is 3.49. The topological polar surface area (TPSA) is 63.2 Å². The van der Waals surface area contributed by atoms with Gasteiger partial charge in [-0.25, -0.2) is 4.98 Å². The van der Waals surface area contributed by atoms with E-state index in [0.29, 0.717) is 19.6 Å². The molecule has 2 rings (SSSR count). The standard InChI is InChI=1S/C11H17N3O2S/c1-16-5-4-13-10(15)6-11-14-8-2-3-12-7-9(8)17-11/h12H,2-7H2,1H3,(H,13,15). The molecule has 2 heterocycles. The van der Waals surface area contributed by atoms with Crippen LogP contribution in [0.1, 0.15) is 15.6 Å². The molecule has 0 saturated carbocycles. The summed E-state index contributed by atoms with van der Waals surface area (Å²) in [5, 5.41) is 7.01. The highest BCUT2D eigenvalue weighted by Crippen LogP contribution is 2.21. The molecule has 1 aliphatic rings. The van der Waals surface area contributed by atoms with Crippen LogP contribution >= 0.6 is 11.3 Å². The zero-order valence-electron chi connectivity index (χ0n) is 9.91. The Morgan fingerprint density at radius 2 is 2.53 bits per heavy atom. The van der Waals surface area contributed by atoms with Crippen LogP contribution in [0.3, 0.4) is 0 Å². The average molecular weight is 255 g/mol. The van der Waals surface area contributed by atoms with Gasteiger partial charge in [-0.3, -0.25) is 4.79 Å². The predicted molar refractivity (Wildman–Crippen MR) is 66.1 cm³/mol. The summed E-state index contributed by atoms with van der Waals surface area (Å²) >= 11 is 1.64. The second kappa shape index (κ2) is 6.09. The molecule has 0 radical (unpaired) electrons. The number of rotatable bonds is 5. The van der Waals surface area contributed by atoms with E-state index in [1.807, 2.05) is 0 Å². The third-order valence-corrected chi connectivity index (χ3v) is 3.68. The zero-order valence-corrected chi connectivity index (χ0v) is 10.7. The first kappa shape index (κ1) is 12.5. The molecule has 17 heavy (non-hydrogen) atoms. The lowest BCUT2D eigenvalue weighted by molar-refractivity contribution is -0.120. The minimum Gasteiger partial charge on any atom is -0.383 e. The molecule has 0 fully saturated rings. The van der Waals surface area contributed by atoms with E-state index in [2.05, 4.69) is 15.6 Å². The first-order valence-electron chi connectivity index (χ1n) is 5.73. The molecule has 94 valence electrons. The molecule has 1 aromatic heterocycles. The number of nitrogens with one attached hydrogen (secondary N) is 2. The van der Waals surface area contributed by atoms with Gasteiger partial charge in [0.05, 0.1) is 18.7 Å². The second-order valence-electron chi connectivity index (χ2n) is 3.92. The number of fused-ring (bicyclic) bond motifs is 1. The van der Waals surface area contributed by atoms with E-state index in [-0.39, 0.29) is 5.91 Å². The largest absolute Gasteiger partial charge is 0.383 e. The number of carbonyl (C=O) groups is 1. The van der Waals surface area contributed by atoms with Gasteiger partial charge in [-0.15, -0.1) is 11.3 Å². The molecule has 6 heteroatoms. The van der Waals surface area contributed by atoms with Gasteiger partial charge in [0.15, 0.2) is 0 Å². The lowest BCUT2D eigenvalue weighted by Gasteiger charge is -2.09. The predicted octanol–water partition coefficient (Wildman–Crippen LogP) is 0.0939. The molecule has 0 unspecified atom stereocenters. The van der Waals surface area contributed by atoms with Gasteiger partial charge < -0.3 is 15.4 Å². The number of hydrogen-bond acceptors (Lipinski definition) is 5. The van der Waals surface area contributed by atoms with Crippen molar-refractivity contribution >= 4 is 17.2 Å². The van der Waals surface area contributed by atoms with Crippen LogP contribution in [0, 0.1) is 0 Å². The Morgan fingerprint density at radius 3 is 3.29 bits per heavy atom. The molecular formula is C11H17N3O2S. The number of thiazole rings is 1. The van der Waals surface area contributed by atoms with E-state index in [9.17, 15) is 4.79 Å². The summed E-state index contributed by atoms with van der Waals surface area (Å²) in [5.41, 5.74) is 1.16. The maximum Gasteiger partial charge on any atom is 0.226 e. The lowest BCUT2D eigenvalue weighted by atomic mass is 10.2. The summed E-state index contributed by atoms with van der Waals surface area (Å²) in [4.78, 5) is 17.4. The Morgan fingerprint density at radius 1 is 1.65 bits per heavy atom. The fourth-order valence-electron chi connectivity index (χ4n) is 1.75. The molecule has 2 N–H and O–H groups in total. The zero-order chi connectivity index (χ0) is 12.1. The van der Waals surface area contributed by atoms with Crippen molar-refractivity contribution in [2.75, 3.05) is 26.8 Å². The highest BCUT2D eigenvalue weighted by atomic mass is 32.1. The molecule has 1 aliphatic heterocycles. The molecule has 5 nitrogen and oxygen atoms in total. The van der Waals surface area contributed by atoms with E-state index < -0.39 is 0 Å². The van der Waals surface area contributed by atoms with E-state index in [4.69, 9.17) is 4.74 Å². The maximum absolute atomic E-state index is 11.6. The SMILES string of the molecule is COCCNC(=O)Cc1nc2c(s1)CNCC2. The van der Waals surface area contributed by atoms with Crippen LogP contribution in [0.2, 0.25) is 0 Å². The number of nitrogens with zero attached hydrogens (tertiary/aromatic N) is 1. The molecule has 0 aliphatic carbocycles. The molecule has 0 atom stereocenters. The number of carbonyl (C=O) groups excluding carboxylic acids is 1. The van der Waals surface area contributed by atoms with Crippen LogP contribution in [0.4, 0.5) is 0 Å². The van der Waals surface area contributed by atoms with Crippen LogP contribution in [0.5, 0.6) is 0 Å². The van der Waals surface area contributed by atoms with Gasteiger partial charge >= 0.3 is 0 Å². The summed E-state index contributed by atoms with van der Waals surface area (Å²) in [6.45, 7) is 2.97. The number of ether oxygens (including phenoxy) is 1. The van der Waals surface area contributed by atoms with Crippen molar-refractivity contribution in [2.24, 2.45) is 0 Å². The van der Waals surface area contributed by atoms with Crippen LogP contribution in [0.15, 0.2) is 0 Å². The van der Waals surface area contributed by atoms with E-state index >= 15 is 0 Å². The van der Waals surface area contributed by atoms with Gasteiger partial charge in [-0.05, 0) is 0 Å². The van der Waals surface area contributed by atoms with E-state index in [0.717, 1.165) is 30.2 Å². The summed E-state index contributed by atoms with van der Waals surface area (Å²) < 4.78 is 4.87. The fourth-order valence-corrected chi connectivity index (χ4v) is 2.83. The summed E-state index contributed by atoms with van der Waals surface area (Å²) in [6, 6.07) is 0. The van der Waals surface area contributed by atoms with Crippen LogP contribution in [0.25, 0.3) is 0 Å². The van der Waals surface area contributed by atoms with E-state index in [1.165, 1.54) is 4.88 Å². The fraction of sp³-hybridized carbons (Fsp3) is 0.636. The molecule has 0 bridgehead atoms. The Balaban J connectivity index is 1.86. The second-order valence-corrected chi connectivity index (χ2v) is 5.09. The van der Waals surface area contributed by atoms with Gasteiger partial charge in [0.1, 0.15) is 5.01 Å². The Hall–Kier alpha value is -0.980. The quantitative estimate of drug-likeness (QED) is 0.732. The Labute approximate surface area is 105 Å². The van der Waals surface area contributed by atoms with E-state index in [1.54, 1.807) is 18.4 Å². The summed E-state index contributed by atoms with van der Waals surface area (Å²) in [6.07, 6.45) is 1.35. The molecule has 0 aromatic carbocycles. The van der Waals surface area contributed by atoms with Gasteiger partial charge in [0.25, 0.3) is 0 Å². The van der Waals surface area contributed by atoms with Crippen LogP contribution in [-0.2, 0) is 28.9 Å². The van der Waals surface area contributed by atoms with Gasteiger partial charge in [-0.1, -0.05) is 0 Å². The molecule has 0 saturated heterocycles. The highest BCUT2D eigenvalue weighted by Gasteiger charge is 2.16. The van der Waals surface area contributed by atoms with Crippen molar-refractivity contribution in [3.8, 4) is 0 Å². The number of hydrogen-bond donors (Lipinski definition) is 2. The average Bonchev–Trinajstić information content (AvgIpc) is 2.71. The lowest BCUT2D eigenvalue weighted by Crippen LogP contribution is -2.28. The van der Waals surface area contributed by atoms with Crippen molar-refractivity contribution in [2.45, 2.75) is 19.4 Å². The van der Waals surface area contributed by atoms with Crippen LogP contribution < -0.4 is 10.6 Å². The van der Waals surface area contributed by atoms with Crippen molar-refractivity contribution < 1.29 is 9.53 Å². The Bertz CT molecular complexity index is 369. The number of amides is 1. The number of aromatic nitrogens is 1. The molecule has 0 spiro atoms. The van der Waals surface area contributed by atoms with Gasteiger partial charge in [-0.2, -0.15) is 0 Å². The van der Waals surface area contributed by atoms with Crippen molar-refractivity contribution in [1.29, 1.82) is 0 Å². The third-order valence-electron chi connectivity index (χ3n) is 2.59. The smallest absolute Gasteiger partial charge is 0.226 e. The van der Waals surface area contributed by atoms with Gasteiger partial charge in [0.2, 0.25) is 5.91 Å². The summed E-state index contributed by atoms with van der Waals surface area (Å²) in [7, 11) is 1.62. The monoisotopic (exact) mass is 255 g/mol. The molecular weight excluding hydrogens is 238 g/mol. The van der Waals surface area contributed by atoms with Crippen molar-refractivity contribution in [3.05, 3.63) is 15.6 Å². The van der Waals surface area contributed by atoms with Crippen molar-refractivity contribution in [1.82, 2.24) is 15.6 Å².